The molecule has 2 amide bonds. The fraction of sp³-hybridized carbons (Fsp3) is 0.556. The molecule has 0 bridgehead atoms. The van der Waals surface area contributed by atoms with Crippen LogP contribution in [0.15, 0.2) is 12.1 Å². The zero-order valence-corrected chi connectivity index (χ0v) is 14.9. The highest BCUT2D eigenvalue weighted by molar-refractivity contribution is 5.96. The summed E-state index contributed by atoms with van der Waals surface area (Å²) in [6.45, 7) is 1.10. The topological polar surface area (TPSA) is 108 Å². The number of phenols is 1. The van der Waals surface area contributed by atoms with Crippen LogP contribution in [0.1, 0.15) is 29.6 Å². The van der Waals surface area contributed by atoms with Crippen LogP contribution in [0.5, 0.6) is 17.2 Å². The molecular weight excluding hydrogens is 340 g/mol. The average molecular weight is 364 g/mol. The normalized spacial score (nSPS) is 25.7. The molecule has 2 fully saturated rings. The van der Waals surface area contributed by atoms with E-state index in [9.17, 15) is 19.8 Å². The van der Waals surface area contributed by atoms with Gasteiger partial charge in [0.2, 0.25) is 11.7 Å². The number of hydrogen-bond donors (Lipinski definition) is 3. The molecule has 0 aromatic heterocycles. The lowest BCUT2D eigenvalue weighted by atomic mass is 9.71. The third-order valence-electron chi connectivity index (χ3n) is 5.33. The number of ether oxygens (including phenoxy) is 2. The van der Waals surface area contributed by atoms with Gasteiger partial charge in [-0.15, -0.1) is 0 Å². The molecule has 2 aliphatic heterocycles. The van der Waals surface area contributed by atoms with E-state index in [1.165, 1.54) is 26.4 Å². The van der Waals surface area contributed by atoms with E-state index >= 15 is 0 Å². The van der Waals surface area contributed by atoms with Gasteiger partial charge in [-0.25, -0.2) is 0 Å². The van der Waals surface area contributed by atoms with Gasteiger partial charge >= 0.3 is 0 Å². The van der Waals surface area contributed by atoms with Gasteiger partial charge in [-0.2, -0.15) is 0 Å². The molecule has 0 unspecified atom stereocenters. The number of rotatable bonds is 3. The van der Waals surface area contributed by atoms with Crippen LogP contribution >= 0.6 is 0 Å². The van der Waals surface area contributed by atoms with E-state index in [-0.39, 0.29) is 35.6 Å². The predicted molar refractivity (Wildman–Crippen MR) is 92.4 cm³/mol. The highest BCUT2D eigenvalue weighted by Gasteiger charge is 2.50. The maximum absolute atomic E-state index is 13.0. The summed E-state index contributed by atoms with van der Waals surface area (Å²) in [4.78, 5) is 27.0. The fourth-order valence-electron chi connectivity index (χ4n) is 3.82. The van der Waals surface area contributed by atoms with Crippen LogP contribution in [0, 0.1) is 5.41 Å². The summed E-state index contributed by atoms with van der Waals surface area (Å²) in [5.41, 5.74) is -0.670. The van der Waals surface area contributed by atoms with Crippen LogP contribution in [-0.2, 0) is 4.79 Å². The molecule has 8 nitrogen and oxygen atoms in total. The standard InChI is InChI=1S/C18H24N2O6/c1-25-12-8-11(9-13(26-2)15(12)22)16(23)20-7-4-14(21)18(10-20)5-3-6-19-17(18)24/h8-9,14,21-22H,3-7,10H2,1-2H3,(H,19,24)/t14-,18+/m0/s1. The number of amides is 2. The Kier molecular flexibility index (Phi) is 4.95. The first-order valence-corrected chi connectivity index (χ1v) is 8.63. The van der Waals surface area contributed by atoms with Gasteiger partial charge in [0, 0.05) is 25.2 Å². The Morgan fingerprint density at radius 1 is 1.31 bits per heavy atom. The van der Waals surface area contributed by atoms with Crippen molar-refractivity contribution in [2.45, 2.75) is 25.4 Å². The summed E-state index contributed by atoms with van der Waals surface area (Å²) in [6, 6.07) is 2.89. The molecule has 0 radical (unpaired) electrons. The Hall–Kier alpha value is -2.48. The lowest BCUT2D eigenvalue weighted by Crippen LogP contribution is -2.62. The van der Waals surface area contributed by atoms with Crippen LogP contribution in [0.3, 0.4) is 0 Å². The van der Waals surface area contributed by atoms with Crippen LogP contribution in [0.25, 0.3) is 0 Å². The molecule has 3 rings (SSSR count). The van der Waals surface area contributed by atoms with Crippen LogP contribution in [0.4, 0.5) is 0 Å². The van der Waals surface area contributed by atoms with Crippen molar-refractivity contribution in [3.63, 3.8) is 0 Å². The summed E-state index contributed by atoms with van der Waals surface area (Å²) in [5.74, 6) is -0.408. The highest BCUT2D eigenvalue weighted by atomic mass is 16.5. The first-order valence-electron chi connectivity index (χ1n) is 8.63. The smallest absolute Gasteiger partial charge is 0.254 e. The summed E-state index contributed by atoms with van der Waals surface area (Å²) < 4.78 is 10.2. The van der Waals surface area contributed by atoms with Crippen molar-refractivity contribution in [1.82, 2.24) is 10.2 Å². The van der Waals surface area contributed by atoms with Gasteiger partial charge in [0.05, 0.1) is 25.7 Å². The molecule has 2 saturated heterocycles. The Labute approximate surface area is 151 Å². The SMILES string of the molecule is COc1cc(C(=O)N2CC[C@H](O)[C@@]3(CCCNC3=O)C2)cc(OC)c1O. The molecule has 1 aromatic rings. The molecule has 142 valence electrons. The van der Waals surface area contributed by atoms with E-state index < -0.39 is 11.5 Å². The number of carbonyl (C=O) groups excluding carboxylic acids is 2. The second-order valence-corrected chi connectivity index (χ2v) is 6.78. The molecule has 1 spiro atoms. The van der Waals surface area contributed by atoms with Crippen LogP contribution < -0.4 is 14.8 Å². The third kappa shape index (κ3) is 2.94. The zero-order chi connectivity index (χ0) is 18.9. The average Bonchev–Trinajstić information content (AvgIpc) is 2.65. The van der Waals surface area contributed by atoms with Gasteiger partial charge in [-0.05, 0) is 31.4 Å². The maximum Gasteiger partial charge on any atom is 0.254 e. The van der Waals surface area contributed by atoms with E-state index in [1.807, 2.05) is 0 Å². The number of nitrogens with zero attached hydrogens (tertiary/aromatic N) is 1. The molecule has 0 aliphatic carbocycles. The predicted octanol–water partition coefficient (Wildman–Crippen LogP) is 0.513. The summed E-state index contributed by atoms with van der Waals surface area (Å²) in [5, 5.41) is 23.3. The first-order chi connectivity index (χ1) is 12.4. The number of aromatic hydroxyl groups is 1. The Morgan fingerprint density at radius 2 is 1.96 bits per heavy atom. The Morgan fingerprint density at radius 3 is 2.54 bits per heavy atom. The van der Waals surface area contributed by atoms with Crippen LogP contribution in [-0.4, -0.2) is 66.9 Å². The Bertz CT molecular complexity index is 697. The van der Waals surface area contributed by atoms with Crippen molar-refractivity contribution in [1.29, 1.82) is 0 Å². The Balaban J connectivity index is 1.89. The molecule has 8 heteroatoms. The number of aliphatic hydroxyl groups excluding tert-OH is 1. The van der Waals surface area contributed by atoms with Crippen molar-refractivity contribution in [3.8, 4) is 17.2 Å². The minimum Gasteiger partial charge on any atom is -0.502 e. The lowest BCUT2D eigenvalue weighted by Gasteiger charge is -2.46. The summed E-state index contributed by atoms with van der Waals surface area (Å²) >= 11 is 0. The number of carbonyl (C=O) groups is 2. The molecular formula is C18H24N2O6. The molecule has 0 saturated carbocycles. The van der Waals surface area contributed by atoms with Gasteiger partial charge < -0.3 is 29.9 Å². The minimum atomic E-state index is -0.961. The summed E-state index contributed by atoms with van der Waals surface area (Å²) in [7, 11) is 2.78. The van der Waals surface area contributed by atoms with Crippen LogP contribution in [0.2, 0.25) is 0 Å². The number of nitrogens with one attached hydrogen (secondary N) is 1. The number of hydrogen-bond acceptors (Lipinski definition) is 6. The minimum absolute atomic E-state index is 0.134. The number of methoxy groups -OCH3 is 2. The van der Waals surface area contributed by atoms with Crippen molar-refractivity contribution < 1.29 is 29.3 Å². The number of phenolic OH excluding ortho intramolecular Hbond substituents is 1. The van der Waals surface area contributed by atoms with Crippen molar-refractivity contribution >= 4 is 11.8 Å². The quantitative estimate of drug-likeness (QED) is 0.721. The van der Waals surface area contributed by atoms with E-state index in [1.54, 1.807) is 4.90 Å². The highest BCUT2D eigenvalue weighted by Crippen LogP contribution is 2.40. The molecule has 26 heavy (non-hydrogen) atoms. The van der Waals surface area contributed by atoms with Crippen molar-refractivity contribution in [2.24, 2.45) is 5.41 Å². The van der Waals surface area contributed by atoms with E-state index in [0.29, 0.717) is 31.5 Å². The third-order valence-corrected chi connectivity index (χ3v) is 5.33. The molecule has 2 atom stereocenters. The van der Waals surface area contributed by atoms with E-state index in [0.717, 1.165) is 6.42 Å². The van der Waals surface area contributed by atoms with E-state index in [4.69, 9.17) is 9.47 Å². The maximum atomic E-state index is 13.0. The molecule has 3 N–H and O–H groups in total. The number of likely N-dealkylation sites (tertiary alicyclic amines) is 1. The first kappa shape index (κ1) is 18.3. The van der Waals surface area contributed by atoms with Gasteiger partial charge in [-0.3, -0.25) is 9.59 Å². The summed E-state index contributed by atoms with van der Waals surface area (Å²) in [6.07, 6.45) is 0.888. The number of benzene rings is 1. The van der Waals surface area contributed by atoms with Crippen molar-refractivity contribution in [2.75, 3.05) is 33.9 Å². The number of piperidine rings is 2. The monoisotopic (exact) mass is 364 g/mol. The van der Waals surface area contributed by atoms with Gasteiger partial charge in [0.1, 0.15) is 0 Å². The second-order valence-electron chi connectivity index (χ2n) is 6.78. The van der Waals surface area contributed by atoms with E-state index in [2.05, 4.69) is 5.32 Å². The van der Waals surface area contributed by atoms with Gasteiger partial charge in [0.25, 0.3) is 5.91 Å². The number of aliphatic hydroxyl groups is 1. The largest absolute Gasteiger partial charge is 0.502 e. The second kappa shape index (κ2) is 7.03. The molecule has 2 aliphatic rings. The molecule has 1 aromatic carbocycles. The molecule has 2 heterocycles. The van der Waals surface area contributed by atoms with Gasteiger partial charge in [-0.1, -0.05) is 0 Å². The lowest BCUT2D eigenvalue weighted by molar-refractivity contribution is -0.147. The zero-order valence-electron chi connectivity index (χ0n) is 14.9. The fourth-order valence-corrected chi connectivity index (χ4v) is 3.82. The van der Waals surface area contributed by atoms with Gasteiger partial charge in [0.15, 0.2) is 11.5 Å². The van der Waals surface area contributed by atoms with Crippen molar-refractivity contribution in [3.05, 3.63) is 17.7 Å².